The lowest BCUT2D eigenvalue weighted by Crippen LogP contribution is -2.29. The molecule has 0 saturated carbocycles. The molecule has 0 fully saturated rings. The van der Waals surface area contributed by atoms with E-state index in [1.54, 1.807) is 11.8 Å². The second-order valence-electron chi connectivity index (χ2n) is 5.87. The van der Waals surface area contributed by atoms with Crippen molar-refractivity contribution >= 4 is 46.0 Å². The van der Waals surface area contributed by atoms with Gasteiger partial charge in [-0.1, -0.05) is 23.7 Å². The molecule has 1 atom stereocenters. The van der Waals surface area contributed by atoms with Crippen LogP contribution in [0.25, 0.3) is 11.0 Å². The number of nitro benzene ring substituents is 1. The Labute approximate surface area is 164 Å². The Balaban J connectivity index is 1.87. The van der Waals surface area contributed by atoms with E-state index < -0.39 is 10.8 Å². The molecule has 1 aromatic heterocycles. The zero-order chi connectivity index (χ0) is 19.4. The Hall–Kier alpha value is -2.58. The van der Waals surface area contributed by atoms with E-state index in [1.807, 2.05) is 30.5 Å². The number of aromatic amines is 1. The molecule has 27 heavy (non-hydrogen) atoms. The zero-order valence-corrected chi connectivity index (χ0v) is 16.0. The minimum Gasteiger partial charge on any atom is -0.342 e. The Morgan fingerprint density at radius 1 is 1.37 bits per heavy atom. The van der Waals surface area contributed by atoms with Crippen molar-refractivity contribution in [3.05, 3.63) is 69.0 Å². The van der Waals surface area contributed by atoms with Crippen LogP contribution in [0.4, 0.5) is 5.69 Å². The van der Waals surface area contributed by atoms with E-state index in [4.69, 9.17) is 11.6 Å². The second-order valence-corrected chi connectivity index (χ2v) is 7.26. The van der Waals surface area contributed by atoms with Crippen LogP contribution < -0.4 is 5.32 Å². The maximum Gasteiger partial charge on any atom is 0.288 e. The fourth-order valence-electron chi connectivity index (χ4n) is 2.69. The number of aromatic nitrogens is 2. The van der Waals surface area contributed by atoms with Gasteiger partial charge in [-0.25, -0.2) is 4.98 Å². The molecule has 0 spiro atoms. The minimum atomic E-state index is -0.608. The normalized spacial score (nSPS) is 12.1. The van der Waals surface area contributed by atoms with Crippen LogP contribution >= 0.6 is 23.4 Å². The Morgan fingerprint density at radius 3 is 2.85 bits per heavy atom. The third-order valence-electron chi connectivity index (χ3n) is 4.06. The van der Waals surface area contributed by atoms with Crippen molar-refractivity contribution in [1.82, 2.24) is 15.3 Å². The lowest BCUT2D eigenvalue weighted by atomic mass is 10.1. The third kappa shape index (κ3) is 4.40. The van der Waals surface area contributed by atoms with Crippen molar-refractivity contribution in [2.45, 2.75) is 12.5 Å². The number of nitrogens with zero attached hydrogens (tertiary/aromatic N) is 2. The maximum absolute atomic E-state index is 12.7. The number of nitro groups is 1. The molecular weight excluding hydrogens is 388 g/mol. The lowest BCUT2D eigenvalue weighted by molar-refractivity contribution is -0.384. The molecule has 0 unspecified atom stereocenters. The highest BCUT2D eigenvalue weighted by Crippen LogP contribution is 2.26. The number of amides is 1. The van der Waals surface area contributed by atoms with Gasteiger partial charge < -0.3 is 10.3 Å². The number of H-pyrrole nitrogens is 1. The topological polar surface area (TPSA) is 101 Å². The monoisotopic (exact) mass is 404 g/mol. The van der Waals surface area contributed by atoms with Gasteiger partial charge in [0.1, 0.15) is 10.8 Å². The summed E-state index contributed by atoms with van der Waals surface area (Å²) in [5.41, 5.74) is 1.58. The number of hydrogen-bond acceptors (Lipinski definition) is 5. The smallest absolute Gasteiger partial charge is 0.288 e. The zero-order valence-electron chi connectivity index (χ0n) is 14.4. The Kier molecular flexibility index (Phi) is 5.98. The summed E-state index contributed by atoms with van der Waals surface area (Å²) in [6.45, 7) is 0. The Morgan fingerprint density at radius 2 is 2.15 bits per heavy atom. The number of carbonyl (C=O) groups excluding carboxylic acids is 1. The molecule has 7 nitrogen and oxygen atoms in total. The van der Waals surface area contributed by atoms with Gasteiger partial charge in [-0.05, 0) is 42.7 Å². The number of nitrogens with one attached hydrogen (secondary N) is 2. The van der Waals surface area contributed by atoms with E-state index in [2.05, 4.69) is 15.3 Å². The molecule has 0 radical (unpaired) electrons. The molecule has 3 aromatic rings. The number of halogens is 1. The van der Waals surface area contributed by atoms with E-state index in [-0.39, 0.29) is 22.3 Å². The first-order chi connectivity index (χ1) is 13.0. The summed E-state index contributed by atoms with van der Waals surface area (Å²) in [7, 11) is 0. The standard InChI is InChI=1S/C18H17ClN4O3S/c1-27-9-8-15(17-20-13-4-2-3-5-14(13)21-17)22-18(24)11-6-7-12(19)16(10-11)23(25)26/h2-7,10,15H,8-9H2,1H3,(H,20,21)(H,22,24)/t15-/m1/s1. The minimum absolute atomic E-state index is 0.00670. The van der Waals surface area contributed by atoms with E-state index in [0.717, 1.165) is 16.8 Å². The molecule has 140 valence electrons. The van der Waals surface area contributed by atoms with Crippen LogP contribution in [-0.4, -0.2) is 32.8 Å². The quantitative estimate of drug-likeness (QED) is 0.450. The second kappa shape index (κ2) is 8.41. The summed E-state index contributed by atoms with van der Waals surface area (Å²) >= 11 is 7.48. The van der Waals surface area contributed by atoms with Crippen LogP contribution in [0.3, 0.4) is 0 Å². The number of carbonyl (C=O) groups is 1. The predicted molar refractivity (Wildman–Crippen MR) is 107 cm³/mol. The number of fused-ring (bicyclic) bond motifs is 1. The molecule has 0 aliphatic heterocycles. The van der Waals surface area contributed by atoms with Crippen LogP contribution in [0.15, 0.2) is 42.5 Å². The van der Waals surface area contributed by atoms with Crippen LogP contribution in [0, 0.1) is 10.1 Å². The number of imidazole rings is 1. The van der Waals surface area contributed by atoms with Crippen LogP contribution in [-0.2, 0) is 0 Å². The first kappa shape index (κ1) is 19.2. The van der Waals surface area contributed by atoms with E-state index in [1.165, 1.54) is 18.2 Å². The van der Waals surface area contributed by atoms with Crippen molar-refractivity contribution in [1.29, 1.82) is 0 Å². The highest BCUT2D eigenvalue weighted by atomic mass is 35.5. The average molecular weight is 405 g/mol. The maximum atomic E-state index is 12.7. The van der Waals surface area contributed by atoms with E-state index >= 15 is 0 Å². The van der Waals surface area contributed by atoms with Gasteiger partial charge in [0, 0.05) is 11.6 Å². The molecule has 1 heterocycles. The SMILES string of the molecule is CSCC[C@@H](NC(=O)c1ccc(Cl)c([N+](=O)[O-])c1)c1nc2ccccc2[nH]1. The number of thioether (sulfide) groups is 1. The van der Waals surface area contributed by atoms with E-state index in [0.29, 0.717) is 12.2 Å². The largest absolute Gasteiger partial charge is 0.342 e. The molecule has 0 aliphatic carbocycles. The van der Waals surface area contributed by atoms with Gasteiger partial charge in [-0.15, -0.1) is 0 Å². The third-order valence-corrected chi connectivity index (χ3v) is 5.02. The summed E-state index contributed by atoms with van der Waals surface area (Å²) in [5, 5.41) is 14.0. The fourth-order valence-corrected chi connectivity index (χ4v) is 3.34. The van der Waals surface area contributed by atoms with Crippen LogP contribution in [0.1, 0.15) is 28.6 Å². The molecule has 1 amide bonds. The van der Waals surface area contributed by atoms with Crippen molar-refractivity contribution < 1.29 is 9.72 Å². The molecule has 2 N–H and O–H groups in total. The van der Waals surface area contributed by atoms with Crippen LogP contribution in [0.2, 0.25) is 5.02 Å². The van der Waals surface area contributed by atoms with Gasteiger partial charge in [0.2, 0.25) is 0 Å². The van der Waals surface area contributed by atoms with Gasteiger partial charge in [0.15, 0.2) is 0 Å². The molecule has 2 aromatic carbocycles. The lowest BCUT2D eigenvalue weighted by Gasteiger charge is -2.16. The molecule has 0 aliphatic rings. The van der Waals surface area contributed by atoms with Crippen LogP contribution in [0.5, 0.6) is 0 Å². The number of hydrogen-bond donors (Lipinski definition) is 2. The van der Waals surface area contributed by atoms with Gasteiger partial charge in [0.25, 0.3) is 11.6 Å². The first-order valence-corrected chi connectivity index (χ1v) is 9.95. The average Bonchev–Trinajstić information content (AvgIpc) is 3.09. The predicted octanol–water partition coefficient (Wildman–Crippen LogP) is 4.35. The summed E-state index contributed by atoms with van der Waals surface area (Å²) in [6, 6.07) is 11.3. The van der Waals surface area contributed by atoms with Crippen molar-refractivity contribution in [3.63, 3.8) is 0 Å². The summed E-state index contributed by atoms with van der Waals surface area (Å²) in [6.07, 6.45) is 2.66. The van der Waals surface area contributed by atoms with Crippen molar-refractivity contribution in [2.24, 2.45) is 0 Å². The highest BCUT2D eigenvalue weighted by Gasteiger charge is 2.21. The summed E-state index contributed by atoms with van der Waals surface area (Å²) < 4.78 is 0. The first-order valence-electron chi connectivity index (χ1n) is 8.18. The number of rotatable bonds is 7. The van der Waals surface area contributed by atoms with E-state index in [9.17, 15) is 14.9 Å². The van der Waals surface area contributed by atoms with Crippen molar-refractivity contribution in [2.75, 3.05) is 12.0 Å². The molecular formula is C18H17ClN4O3S. The van der Waals surface area contributed by atoms with Gasteiger partial charge in [0.05, 0.1) is 22.0 Å². The van der Waals surface area contributed by atoms with Gasteiger partial charge in [-0.2, -0.15) is 11.8 Å². The number of para-hydroxylation sites is 2. The Bertz CT molecular complexity index is 959. The number of benzene rings is 2. The molecule has 9 heteroatoms. The summed E-state index contributed by atoms with van der Waals surface area (Å²) in [4.78, 5) is 30.9. The molecule has 3 rings (SSSR count). The van der Waals surface area contributed by atoms with Gasteiger partial charge in [-0.3, -0.25) is 14.9 Å². The summed E-state index contributed by atoms with van der Waals surface area (Å²) in [5.74, 6) is 1.06. The van der Waals surface area contributed by atoms with Gasteiger partial charge >= 0.3 is 0 Å². The molecule has 0 saturated heterocycles. The fraction of sp³-hybridized carbons (Fsp3) is 0.222. The highest BCUT2D eigenvalue weighted by molar-refractivity contribution is 7.98. The van der Waals surface area contributed by atoms with Crippen molar-refractivity contribution in [3.8, 4) is 0 Å². The molecule has 0 bridgehead atoms.